The van der Waals surface area contributed by atoms with E-state index in [1.165, 1.54) is 12.1 Å². The number of benzene rings is 2. The topological polar surface area (TPSA) is 114 Å². The predicted molar refractivity (Wildman–Crippen MR) is 88.5 cm³/mol. The molecule has 0 aliphatic heterocycles. The van der Waals surface area contributed by atoms with Crippen LogP contribution >= 0.6 is 0 Å². The first-order chi connectivity index (χ1) is 12.0. The average Bonchev–Trinajstić information content (AvgIpc) is 2.60. The summed E-state index contributed by atoms with van der Waals surface area (Å²) in [5.41, 5.74) is -0.128. The van der Waals surface area contributed by atoms with E-state index in [0.717, 1.165) is 6.07 Å². The number of carbonyl (C=O) groups excluding carboxylic acids is 1. The van der Waals surface area contributed by atoms with Gasteiger partial charge in [0, 0.05) is 5.69 Å². The van der Waals surface area contributed by atoms with Gasteiger partial charge >= 0.3 is 12.1 Å². The van der Waals surface area contributed by atoms with Crippen molar-refractivity contribution in [3.8, 4) is 17.2 Å². The molecule has 8 heteroatoms. The molecular weight excluding hydrogens is 330 g/mol. The lowest BCUT2D eigenvalue weighted by Crippen LogP contribution is -2.17. The van der Waals surface area contributed by atoms with Crippen LogP contribution in [0.1, 0.15) is 10.4 Å². The van der Waals surface area contributed by atoms with Gasteiger partial charge < -0.3 is 24.4 Å². The van der Waals surface area contributed by atoms with Crippen LogP contribution in [0.15, 0.2) is 42.5 Å². The Labute approximate surface area is 143 Å². The molecule has 1 amide bonds. The van der Waals surface area contributed by atoms with Crippen molar-refractivity contribution in [2.24, 2.45) is 0 Å². The number of methoxy groups -OCH3 is 1. The van der Waals surface area contributed by atoms with Crippen molar-refractivity contribution in [3.63, 3.8) is 0 Å². The monoisotopic (exact) mass is 347 g/mol. The molecule has 0 atom stereocenters. The number of nitrogens with one attached hydrogen (secondary N) is 1. The summed E-state index contributed by atoms with van der Waals surface area (Å²) < 4.78 is 15.4. The van der Waals surface area contributed by atoms with Crippen LogP contribution in [0.4, 0.5) is 10.5 Å². The van der Waals surface area contributed by atoms with E-state index in [9.17, 15) is 14.7 Å². The Morgan fingerprint density at radius 2 is 1.72 bits per heavy atom. The molecule has 0 radical (unpaired) electrons. The summed E-state index contributed by atoms with van der Waals surface area (Å²) in [6.45, 7) is 0.150. The molecule has 0 fully saturated rings. The third-order valence-corrected chi connectivity index (χ3v) is 3.12. The number of anilines is 1. The zero-order chi connectivity index (χ0) is 18.2. The summed E-state index contributed by atoms with van der Waals surface area (Å²) in [4.78, 5) is 22.6. The number of hydrogen-bond acceptors (Lipinski definition) is 6. The average molecular weight is 347 g/mol. The molecule has 132 valence electrons. The van der Waals surface area contributed by atoms with Gasteiger partial charge in [-0.1, -0.05) is 0 Å². The zero-order valence-electron chi connectivity index (χ0n) is 13.4. The van der Waals surface area contributed by atoms with Gasteiger partial charge in [0.05, 0.1) is 7.11 Å². The maximum Gasteiger partial charge on any atom is 0.411 e. The highest BCUT2D eigenvalue weighted by Crippen LogP contribution is 2.21. The zero-order valence-corrected chi connectivity index (χ0v) is 13.4. The SMILES string of the molecule is COc1ccc(OCCOC(=O)Nc2ccc(O)c(C(=O)O)c2)cc1. The first-order valence-electron chi connectivity index (χ1n) is 7.26. The fraction of sp³-hybridized carbons (Fsp3) is 0.176. The molecule has 0 heterocycles. The quantitative estimate of drug-likeness (QED) is 0.521. The van der Waals surface area contributed by atoms with Gasteiger partial charge in [-0.2, -0.15) is 0 Å². The van der Waals surface area contributed by atoms with Crippen molar-refractivity contribution in [1.29, 1.82) is 0 Å². The third kappa shape index (κ3) is 5.31. The molecule has 2 rings (SSSR count). The second-order valence-corrected chi connectivity index (χ2v) is 4.82. The van der Waals surface area contributed by atoms with Crippen molar-refractivity contribution >= 4 is 17.7 Å². The fourth-order valence-electron chi connectivity index (χ4n) is 1.90. The number of aromatic carboxylic acids is 1. The maximum atomic E-state index is 11.7. The van der Waals surface area contributed by atoms with E-state index in [2.05, 4.69) is 5.32 Å². The molecule has 0 aromatic heterocycles. The minimum Gasteiger partial charge on any atom is -0.507 e. The molecule has 0 bridgehead atoms. The van der Waals surface area contributed by atoms with Crippen molar-refractivity contribution in [3.05, 3.63) is 48.0 Å². The standard InChI is InChI=1S/C17H17NO7/c1-23-12-3-5-13(6-4-12)24-8-9-25-17(22)18-11-2-7-15(19)14(10-11)16(20)21/h2-7,10,19H,8-9H2,1H3,(H,18,22)(H,20,21). The van der Waals surface area contributed by atoms with Gasteiger partial charge in [0.1, 0.15) is 36.0 Å². The number of ether oxygens (including phenoxy) is 3. The summed E-state index contributed by atoms with van der Waals surface area (Å²) in [5, 5.41) is 20.7. The number of carboxylic acid groups (broad SMARTS) is 1. The van der Waals surface area contributed by atoms with Gasteiger partial charge in [-0.05, 0) is 42.5 Å². The largest absolute Gasteiger partial charge is 0.507 e. The van der Waals surface area contributed by atoms with E-state index in [1.807, 2.05) is 0 Å². The molecule has 0 unspecified atom stereocenters. The number of phenols is 1. The normalized spacial score (nSPS) is 9.96. The summed E-state index contributed by atoms with van der Waals surface area (Å²) >= 11 is 0. The van der Waals surface area contributed by atoms with Crippen molar-refractivity contribution in [1.82, 2.24) is 0 Å². The van der Waals surface area contributed by atoms with Gasteiger partial charge in [0.15, 0.2) is 0 Å². The third-order valence-electron chi connectivity index (χ3n) is 3.12. The van der Waals surface area contributed by atoms with Gasteiger partial charge in [-0.25, -0.2) is 9.59 Å². The molecule has 2 aromatic carbocycles. The summed E-state index contributed by atoms with van der Waals surface area (Å²) in [6.07, 6.45) is -0.764. The Kier molecular flexibility index (Phi) is 6.05. The van der Waals surface area contributed by atoms with E-state index >= 15 is 0 Å². The molecule has 8 nitrogen and oxygen atoms in total. The first kappa shape index (κ1) is 17.9. The van der Waals surface area contributed by atoms with Crippen LogP contribution in [-0.2, 0) is 4.74 Å². The first-order valence-corrected chi connectivity index (χ1v) is 7.26. The van der Waals surface area contributed by atoms with Crippen LogP contribution in [0.3, 0.4) is 0 Å². The van der Waals surface area contributed by atoms with Gasteiger partial charge in [-0.3, -0.25) is 5.32 Å². The van der Waals surface area contributed by atoms with Crippen LogP contribution in [-0.4, -0.2) is 42.6 Å². The molecule has 25 heavy (non-hydrogen) atoms. The highest BCUT2D eigenvalue weighted by Gasteiger charge is 2.12. The van der Waals surface area contributed by atoms with Gasteiger partial charge in [-0.15, -0.1) is 0 Å². The lowest BCUT2D eigenvalue weighted by atomic mass is 10.2. The van der Waals surface area contributed by atoms with Gasteiger partial charge in [0.25, 0.3) is 0 Å². The molecule has 0 saturated carbocycles. The molecule has 0 spiro atoms. The van der Waals surface area contributed by atoms with E-state index in [-0.39, 0.29) is 30.2 Å². The number of rotatable bonds is 7. The van der Waals surface area contributed by atoms with Crippen LogP contribution in [0.2, 0.25) is 0 Å². The van der Waals surface area contributed by atoms with E-state index in [4.69, 9.17) is 19.3 Å². The van der Waals surface area contributed by atoms with E-state index < -0.39 is 12.1 Å². The molecule has 0 aliphatic carbocycles. The van der Waals surface area contributed by atoms with Gasteiger partial charge in [0.2, 0.25) is 0 Å². The lowest BCUT2D eigenvalue weighted by molar-refractivity contribution is 0.0693. The van der Waals surface area contributed by atoms with E-state index in [0.29, 0.717) is 11.5 Å². The van der Waals surface area contributed by atoms with Crippen LogP contribution in [0.25, 0.3) is 0 Å². The fourth-order valence-corrected chi connectivity index (χ4v) is 1.90. The minimum absolute atomic E-state index is 0.00172. The second kappa shape index (κ2) is 8.44. The minimum atomic E-state index is -1.30. The lowest BCUT2D eigenvalue weighted by Gasteiger charge is -2.09. The van der Waals surface area contributed by atoms with Crippen LogP contribution in [0, 0.1) is 0 Å². The number of hydrogen-bond donors (Lipinski definition) is 3. The molecule has 0 aliphatic rings. The Morgan fingerprint density at radius 1 is 1.04 bits per heavy atom. The predicted octanol–water partition coefficient (Wildman–Crippen LogP) is 2.73. The summed E-state index contributed by atoms with van der Waals surface area (Å²) in [5.74, 6) is -0.381. The van der Waals surface area contributed by atoms with Crippen LogP contribution < -0.4 is 14.8 Å². The number of carbonyl (C=O) groups is 2. The smallest absolute Gasteiger partial charge is 0.411 e. The number of amides is 1. The maximum absolute atomic E-state index is 11.7. The molecular formula is C17H17NO7. The molecule has 3 N–H and O–H groups in total. The van der Waals surface area contributed by atoms with Crippen molar-refractivity contribution in [2.75, 3.05) is 25.6 Å². The Balaban J connectivity index is 1.77. The highest BCUT2D eigenvalue weighted by molar-refractivity contribution is 5.93. The number of carboxylic acids is 1. The molecule has 2 aromatic rings. The summed E-state index contributed by atoms with van der Waals surface area (Å²) in [6, 6.07) is 10.6. The highest BCUT2D eigenvalue weighted by atomic mass is 16.6. The molecule has 0 saturated heterocycles. The Bertz CT molecular complexity index is 743. The second-order valence-electron chi connectivity index (χ2n) is 4.82. The Morgan fingerprint density at radius 3 is 2.36 bits per heavy atom. The number of aromatic hydroxyl groups is 1. The van der Waals surface area contributed by atoms with Crippen molar-refractivity contribution in [2.45, 2.75) is 0 Å². The van der Waals surface area contributed by atoms with E-state index in [1.54, 1.807) is 31.4 Å². The Hall–Kier alpha value is -3.42. The van der Waals surface area contributed by atoms with Crippen molar-refractivity contribution < 1.29 is 34.0 Å². The summed E-state index contributed by atoms with van der Waals surface area (Å²) in [7, 11) is 1.57. The van der Waals surface area contributed by atoms with Crippen LogP contribution in [0.5, 0.6) is 17.2 Å².